The molecule has 22 heavy (non-hydrogen) atoms. The molecule has 0 spiro atoms. The molecule has 1 heterocycles. The number of rotatable bonds is 4. The number of hydrogen-bond donors (Lipinski definition) is 1. The summed E-state index contributed by atoms with van der Waals surface area (Å²) in [4.78, 5) is 8.85. The van der Waals surface area contributed by atoms with Crippen molar-refractivity contribution in [2.75, 3.05) is 5.73 Å². The van der Waals surface area contributed by atoms with E-state index in [-0.39, 0.29) is 5.25 Å². The van der Waals surface area contributed by atoms with Crippen LogP contribution in [0.4, 0.5) is 5.82 Å². The number of nitrogens with zero attached hydrogens (tertiary/aromatic N) is 2. The molecule has 110 valence electrons. The molecule has 0 saturated heterocycles. The minimum absolute atomic E-state index is 0.142. The zero-order valence-electron chi connectivity index (χ0n) is 12.3. The van der Waals surface area contributed by atoms with E-state index in [1.165, 1.54) is 11.1 Å². The summed E-state index contributed by atoms with van der Waals surface area (Å²) in [5.41, 5.74) is 9.18. The minimum atomic E-state index is 0.142. The largest absolute Gasteiger partial charge is 0.384 e. The SMILES string of the molecule is Cc1cc(N)nc(SC(c2ccccc2)c2ccccc2)n1. The first-order chi connectivity index (χ1) is 10.7. The molecule has 0 radical (unpaired) electrons. The van der Waals surface area contributed by atoms with Gasteiger partial charge in [-0.05, 0) is 18.1 Å². The highest BCUT2D eigenvalue weighted by Crippen LogP contribution is 2.39. The summed E-state index contributed by atoms with van der Waals surface area (Å²) in [5, 5.41) is 0.846. The fourth-order valence-electron chi connectivity index (χ4n) is 2.31. The van der Waals surface area contributed by atoms with E-state index in [4.69, 9.17) is 5.73 Å². The van der Waals surface area contributed by atoms with Crippen LogP contribution in [-0.4, -0.2) is 9.97 Å². The van der Waals surface area contributed by atoms with Crippen LogP contribution in [0.2, 0.25) is 0 Å². The number of nitrogen functional groups attached to an aromatic ring is 1. The third kappa shape index (κ3) is 3.46. The maximum atomic E-state index is 5.85. The number of aryl methyl sites for hydroxylation is 1. The van der Waals surface area contributed by atoms with Gasteiger partial charge in [-0.2, -0.15) is 0 Å². The van der Waals surface area contributed by atoms with E-state index >= 15 is 0 Å². The van der Waals surface area contributed by atoms with E-state index in [1.807, 2.05) is 19.1 Å². The Hall–Kier alpha value is -2.33. The molecule has 0 unspecified atom stereocenters. The number of thioether (sulfide) groups is 1. The fraction of sp³-hybridized carbons (Fsp3) is 0.111. The molecule has 3 aromatic rings. The maximum Gasteiger partial charge on any atom is 0.190 e. The maximum absolute atomic E-state index is 5.85. The van der Waals surface area contributed by atoms with Gasteiger partial charge in [0.1, 0.15) is 5.82 Å². The Morgan fingerprint density at radius 1 is 0.864 bits per heavy atom. The van der Waals surface area contributed by atoms with Gasteiger partial charge in [0.2, 0.25) is 0 Å². The smallest absolute Gasteiger partial charge is 0.190 e. The first kappa shape index (κ1) is 14.6. The quantitative estimate of drug-likeness (QED) is 0.578. The van der Waals surface area contributed by atoms with Crippen LogP contribution >= 0.6 is 11.8 Å². The molecular weight excluding hydrogens is 290 g/mol. The third-order valence-corrected chi connectivity index (χ3v) is 4.45. The summed E-state index contributed by atoms with van der Waals surface area (Å²) in [6.07, 6.45) is 0. The molecule has 0 aliphatic heterocycles. The second-order valence-corrected chi connectivity index (χ2v) is 6.11. The van der Waals surface area contributed by atoms with E-state index < -0.39 is 0 Å². The summed E-state index contributed by atoms with van der Waals surface area (Å²) in [6, 6.07) is 22.6. The van der Waals surface area contributed by atoms with Crippen LogP contribution in [0.3, 0.4) is 0 Å². The van der Waals surface area contributed by atoms with Gasteiger partial charge in [0.05, 0.1) is 5.25 Å². The van der Waals surface area contributed by atoms with E-state index in [2.05, 4.69) is 58.5 Å². The molecule has 0 saturated carbocycles. The van der Waals surface area contributed by atoms with Crippen LogP contribution in [0.1, 0.15) is 22.1 Å². The molecule has 0 amide bonds. The first-order valence-electron chi connectivity index (χ1n) is 7.10. The lowest BCUT2D eigenvalue weighted by atomic mass is 10.0. The van der Waals surface area contributed by atoms with Crippen LogP contribution in [-0.2, 0) is 0 Å². The van der Waals surface area contributed by atoms with Crippen LogP contribution in [0, 0.1) is 6.92 Å². The average molecular weight is 307 g/mol. The van der Waals surface area contributed by atoms with Gasteiger partial charge >= 0.3 is 0 Å². The summed E-state index contributed by atoms with van der Waals surface area (Å²) in [6.45, 7) is 1.93. The average Bonchev–Trinajstić information content (AvgIpc) is 2.53. The van der Waals surface area contributed by atoms with Crippen molar-refractivity contribution < 1.29 is 0 Å². The van der Waals surface area contributed by atoms with Gasteiger partial charge in [0.25, 0.3) is 0 Å². The Bertz CT molecular complexity index is 685. The summed E-state index contributed by atoms with van der Waals surface area (Å²) in [5.74, 6) is 0.509. The molecule has 0 aliphatic carbocycles. The number of benzene rings is 2. The third-order valence-electron chi connectivity index (χ3n) is 3.28. The van der Waals surface area contributed by atoms with Crippen molar-refractivity contribution in [1.29, 1.82) is 0 Å². The lowest BCUT2D eigenvalue weighted by Gasteiger charge is -2.17. The monoisotopic (exact) mass is 307 g/mol. The van der Waals surface area contributed by atoms with Gasteiger partial charge in [0, 0.05) is 11.8 Å². The zero-order chi connectivity index (χ0) is 15.4. The molecule has 1 aromatic heterocycles. The number of nitrogens with two attached hydrogens (primary N) is 1. The fourth-order valence-corrected chi connectivity index (χ4v) is 3.46. The molecule has 4 heteroatoms. The van der Waals surface area contributed by atoms with E-state index in [0.717, 1.165) is 5.69 Å². The van der Waals surface area contributed by atoms with Crippen molar-refractivity contribution >= 4 is 17.6 Å². The van der Waals surface area contributed by atoms with Crippen molar-refractivity contribution in [1.82, 2.24) is 9.97 Å². The van der Waals surface area contributed by atoms with Crippen LogP contribution in [0.25, 0.3) is 0 Å². The van der Waals surface area contributed by atoms with E-state index in [0.29, 0.717) is 11.0 Å². The summed E-state index contributed by atoms with van der Waals surface area (Å²) < 4.78 is 0. The Kier molecular flexibility index (Phi) is 4.39. The zero-order valence-corrected chi connectivity index (χ0v) is 13.1. The van der Waals surface area contributed by atoms with Gasteiger partial charge in [-0.15, -0.1) is 0 Å². The van der Waals surface area contributed by atoms with Crippen LogP contribution in [0.5, 0.6) is 0 Å². The Morgan fingerprint density at radius 3 is 1.91 bits per heavy atom. The molecule has 3 rings (SSSR count). The molecular formula is C18H17N3S. The van der Waals surface area contributed by atoms with Crippen molar-refractivity contribution in [3.05, 3.63) is 83.6 Å². The molecule has 3 nitrogen and oxygen atoms in total. The van der Waals surface area contributed by atoms with Crippen molar-refractivity contribution in [3.8, 4) is 0 Å². The van der Waals surface area contributed by atoms with Crippen LogP contribution in [0.15, 0.2) is 71.9 Å². The first-order valence-corrected chi connectivity index (χ1v) is 7.98. The summed E-state index contributed by atoms with van der Waals surface area (Å²) in [7, 11) is 0. The predicted octanol–water partition coefficient (Wildman–Crippen LogP) is 4.25. The van der Waals surface area contributed by atoms with E-state index in [9.17, 15) is 0 Å². The standard InChI is InChI=1S/C18H17N3S/c1-13-12-16(19)21-18(20-13)22-17(14-8-4-2-5-9-14)15-10-6-3-7-11-15/h2-12,17H,1H3,(H2,19,20,21). The normalized spacial score (nSPS) is 10.8. The molecule has 0 aliphatic rings. The Morgan fingerprint density at radius 2 is 1.41 bits per heavy atom. The van der Waals surface area contributed by atoms with Gasteiger partial charge in [-0.1, -0.05) is 72.4 Å². The van der Waals surface area contributed by atoms with Gasteiger partial charge < -0.3 is 5.73 Å². The number of anilines is 1. The molecule has 2 N–H and O–H groups in total. The highest BCUT2D eigenvalue weighted by atomic mass is 32.2. The van der Waals surface area contributed by atoms with Gasteiger partial charge in [-0.3, -0.25) is 0 Å². The van der Waals surface area contributed by atoms with Crippen molar-refractivity contribution in [2.45, 2.75) is 17.3 Å². The lowest BCUT2D eigenvalue weighted by molar-refractivity contribution is 0.934. The molecule has 0 bridgehead atoms. The lowest BCUT2D eigenvalue weighted by Crippen LogP contribution is -2.01. The van der Waals surface area contributed by atoms with Gasteiger partial charge in [-0.25, -0.2) is 9.97 Å². The molecule has 0 atom stereocenters. The summed E-state index contributed by atoms with van der Waals surface area (Å²) >= 11 is 1.62. The predicted molar refractivity (Wildman–Crippen MR) is 91.8 cm³/mol. The Balaban J connectivity index is 1.99. The van der Waals surface area contributed by atoms with Gasteiger partial charge in [0.15, 0.2) is 5.16 Å². The minimum Gasteiger partial charge on any atom is -0.384 e. The topological polar surface area (TPSA) is 51.8 Å². The Labute approximate surface area is 134 Å². The van der Waals surface area contributed by atoms with Crippen molar-refractivity contribution in [2.24, 2.45) is 0 Å². The molecule has 0 fully saturated rings. The highest BCUT2D eigenvalue weighted by molar-refractivity contribution is 7.99. The number of aromatic nitrogens is 2. The highest BCUT2D eigenvalue weighted by Gasteiger charge is 2.17. The van der Waals surface area contributed by atoms with Crippen molar-refractivity contribution in [3.63, 3.8) is 0 Å². The second-order valence-electron chi connectivity index (χ2n) is 5.04. The van der Waals surface area contributed by atoms with Crippen LogP contribution < -0.4 is 5.73 Å². The number of hydrogen-bond acceptors (Lipinski definition) is 4. The second kappa shape index (κ2) is 6.62. The van der Waals surface area contributed by atoms with E-state index in [1.54, 1.807) is 17.8 Å². The molecule has 2 aromatic carbocycles.